The van der Waals surface area contributed by atoms with E-state index in [1.807, 2.05) is 6.92 Å². The predicted molar refractivity (Wildman–Crippen MR) is 159 cm³/mol. The number of hydrogen-bond donors (Lipinski definition) is 1. The first kappa shape index (κ1) is 31.8. The fraction of sp³-hybridized carbons (Fsp3) is 0.400. The van der Waals surface area contributed by atoms with Crippen LogP contribution in [0.4, 0.5) is 29.7 Å². The zero-order chi connectivity index (χ0) is 33.0. The third kappa shape index (κ3) is 7.29. The molecule has 1 amide bonds. The van der Waals surface area contributed by atoms with Gasteiger partial charge >= 0.3 is 18.3 Å². The van der Waals surface area contributed by atoms with Gasteiger partial charge in [0.2, 0.25) is 17.7 Å². The summed E-state index contributed by atoms with van der Waals surface area (Å²) in [5.74, 6) is -0.161. The molecule has 0 aromatic carbocycles. The monoisotopic (exact) mass is 653 g/mol. The number of anilines is 2. The molecule has 0 unspecified atom stereocenters. The zero-order valence-corrected chi connectivity index (χ0v) is 25.3. The number of halogens is 3. The highest BCUT2D eigenvalue weighted by Gasteiger charge is 2.43. The number of carbonyl (C=O) groups excluding carboxylic acids is 1. The van der Waals surface area contributed by atoms with Gasteiger partial charge in [0.25, 0.3) is 0 Å². The molecule has 14 nitrogen and oxygen atoms in total. The van der Waals surface area contributed by atoms with Gasteiger partial charge in [0.05, 0.1) is 44.0 Å². The second-order valence-corrected chi connectivity index (χ2v) is 11.2. The van der Waals surface area contributed by atoms with Crippen molar-refractivity contribution in [2.45, 2.75) is 56.5 Å². The number of pyridine rings is 1. The third-order valence-corrected chi connectivity index (χ3v) is 7.87. The van der Waals surface area contributed by atoms with Gasteiger partial charge in [-0.1, -0.05) is 6.07 Å². The second-order valence-electron chi connectivity index (χ2n) is 11.2. The third-order valence-electron chi connectivity index (χ3n) is 7.87. The molecule has 1 saturated carbocycles. The van der Waals surface area contributed by atoms with Crippen LogP contribution in [0.2, 0.25) is 0 Å². The molecule has 17 heteroatoms. The van der Waals surface area contributed by atoms with Crippen LogP contribution in [0.15, 0.2) is 55.4 Å². The lowest BCUT2D eigenvalue weighted by Crippen LogP contribution is -2.54. The Morgan fingerprint density at radius 3 is 2.36 bits per heavy atom. The average molecular weight is 654 g/mol. The number of hydrogen-bond acceptors (Lipinski definition) is 13. The van der Waals surface area contributed by atoms with Gasteiger partial charge < -0.3 is 24.3 Å². The average Bonchev–Trinajstić information content (AvgIpc) is 3.04. The van der Waals surface area contributed by atoms with Gasteiger partial charge in [-0.05, 0) is 38.7 Å². The van der Waals surface area contributed by atoms with E-state index in [-0.39, 0.29) is 42.9 Å². The van der Waals surface area contributed by atoms with Gasteiger partial charge in [0.1, 0.15) is 11.7 Å². The molecule has 0 radical (unpaired) electrons. The summed E-state index contributed by atoms with van der Waals surface area (Å²) in [6, 6.07) is 4.98. The van der Waals surface area contributed by atoms with Crippen LogP contribution in [-0.2, 0) is 10.9 Å². The standard InChI is InChI=1S/C30H30F3N9O5/c1-29(8-6-19(7-9-29)40-26-37-13-21(30(31,32)33)25(41-26)46-20-16-45-17-20)42(28(43)47-24-5-3-4-10-34-24)23-15-35-22(14-36-23)18-11-38-27(44-2)39-12-18/h3-5,10-15,19-20H,6-9,16-17H2,1-2H3,(H,37,40,41). The van der Waals surface area contributed by atoms with E-state index in [9.17, 15) is 18.0 Å². The molecule has 5 heterocycles. The molecule has 246 valence electrons. The fourth-order valence-corrected chi connectivity index (χ4v) is 5.22. The van der Waals surface area contributed by atoms with Crippen molar-refractivity contribution in [1.82, 2.24) is 34.9 Å². The molecule has 1 aliphatic heterocycles. The quantitative estimate of drug-likeness (QED) is 0.264. The molecule has 2 fully saturated rings. The van der Waals surface area contributed by atoms with Crippen LogP contribution < -0.4 is 24.4 Å². The van der Waals surface area contributed by atoms with E-state index in [1.165, 1.54) is 30.6 Å². The van der Waals surface area contributed by atoms with Crippen LogP contribution in [-0.4, -0.2) is 79.0 Å². The Morgan fingerprint density at radius 2 is 1.77 bits per heavy atom. The first-order valence-corrected chi connectivity index (χ1v) is 14.7. The van der Waals surface area contributed by atoms with Crippen molar-refractivity contribution >= 4 is 17.9 Å². The number of aromatic nitrogens is 7. The van der Waals surface area contributed by atoms with Crippen molar-refractivity contribution in [3.8, 4) is 29.0 Å². The van der Waals surface area contributed by atoms with Crippen LogP contribution in [0.3, 0.4) is 0 Å². The summed E-state index contributed by atoms with van der Waals surface area (Å²) >= 11 is 0. The van der Waals surface area contributed by atoms with Crippen LogP contribution in [0.5, 0.6) is 17.8 Å². The number of nitrogens with zero attached hydrogens (tertiary/aromatic N) is 8. The molecular weight excluding hydrogens is 623 g/mol. The van der Waals surface area contributed by atoms with Gasteiger partial charge in [-0.3, -0.25) is 9.88 Å². The number of methoxy groups -OCH3 is 1. The lowest BCUT2D eigenvalue weighted by molar-refractivity contribution is -0.142. The molecular formula is C30H30F3N9O5. The minimum Gasteiger partial charge on any atom is -0.469 e. The fourth-order valence-electron chi connectivity index (χ4n) is 5.22. The van der Waals surface area contributed by atoms with Crippen LogP contribution in [0.25, 0.3) is 11.3 Å². The Labute approximate surface area is 266 Å². The topological polar surface area (TPSA) is 159 Å². The Hall–Kier alpha value is -5.19. The summed E-state index contributed by atoms with van der Waals surface area (Å²) in [4.78, 5) is 44.5. The Balaban J connectivity index is 1.20. The number of carbonyl (C=O) groups is 1. The highest BCUT2D eigenvalue weighted by Crippen LogP contribution is 2.39. The van der Waals surface area contributed by atoms with E-state index in [2.05, 4.69) is 40.2 Å². The Bertz CT molecular complexity index is 1670. The van der Waals surface area contributed by atoms with E-state index >= 15 is 0 Å². The maximum Gasteiger partial charge on any atom is 0.423 e. The van der Waals surface area contributed by atoms with E-state index in [1.54, 1.807) is 30.6 Å². The minimum absolute atomic E-state index is 0.0113. The number of alkyl halides is 3. The summed E-state index contributed by atoms with van der Waals surface area (Å²) in [6.45, 7) is 2.29. The lowest BCUT2D eigenvalue weighted by Gasteiger charge is -2.44. The Morgan fingerprint density at radius 1 is 1.00 bits per heavy atom. The molecule has 6 rings (SSSR count). The molecule has 4 aromatic rings. The van der Waals surface area contributed by atoms with Crippen LogP contribution >= 0.6 is 0 Å². The molecule has 4 aromatic heterocycles. The summed E-state index contributed by atoms with van der Waals surface area (Å²) in [6.07, 6.45) is 4.42. The number of amides is 1. The van der Waals surface area contributed by atoms with Gasteiger partial charge in [-0.25, -0.2) is 29.7 Å². The highest BCUT2D eigenvalue weighted by atomic mass is 19.4. The molecule has 2 aliphatic rings. The summed E-state index contributed by atoms with van der Waals surface area (Å²) in [5, 5.41) is 3.13. The summed E-state index contributed by atoms with van der Waals surface area (Å²) < 4.78 is 61.8. The Kier molecular flexibility index (Phi) is 8.97. The van der Waals surface area contributed by atoms with Gasteiger partial charge in [-0.15, -0.1) is 0 Å². The van der Waals surface area contributed by atoms with Gasteiger partial charge in [-0.2, -0.15) is 18.2 Å². The largest absolute Gasteiger partial charge is 0.469 e. The molecule has 0 spiro atoms. The van der Waals surface area contributed by atoms with E-state index in [0.29, 0.717) is 43.1 Å². The maximum atomic E-state index is 13.7. The van der Waals surface area contributed by atoms with Crippen LogP contribution in [0.1, 0.15) is 38.2 Å². The van der Waals surface area contributed by atoms with Crippen LogP contribution in [0, 0.1) is 0 Å². The van der Waals surface area contributed by atoms with Gasteiger partial charge in [0.15, 0.2) is 5.82 Å². The molecule has 1 saturated heterocycles. The van der Waals surface area contributed by atoms with Crippen molar-refractivity contribution < 1.29 is 36.9 Å². The molecule has 0 bridgehead atoms. The number of nitrogens with one attached hydrogen (secondary N) is 1. The minimum atomic E-state index is -4.68. The predicted octanol–water partition coefficient (Wildman–Crippen LogP) is 4.74. The first-order chi connectivity index (χ1) is 22.6. The lowest BCUT2D eigenvalue weighted by atomic mass is 9.79. The van der Waals surface area contributed by atoms with Crippen molar-refractivity contribution in [2.75, 3.05) is 30.5 Å². The molecule has 1 N–H and O–H groups in total. The summed E-state index contributed by atoms with van der Waals surface area (Å²) in [5.41, 5.74) is -0.745. The van der Waals surface area contributed by atoms with Gasteiger partial charge in [0, 0.05) is 42.5 Å². The van der Waals surface area contributed by atoms with E-state index < -0.39 is 35.4 Å². The summed E-state index contributed by atoms with van der Waals surface area (Å²) in [7, 11) is 1.47. The van der Waals surface area contributed by atoms with Crippen molar-refractivity contribution in [3.05, 3.63) is 60.9 Å². The second kappa shape index (κ2) is 13.3. The SMILES string of the molecule is COc1ncc(-c2cnc(N(C(=O)Oc3ccccn3)C3(C)CCC(Nc4ncc(C(F)(F)F)c(OC5COC5)n4)CC3)cn2)cn1. The van der Waals surface area contributed by atoms with E-state index in [0.717, 1.165) is 0 Å². The first-order valence-electron chi connectivity index (χ1n) is 14.7. The molecule has 47 heavy (non-hydrogen) atoms. The number of ether oxygens (including phenoxy) is 4. The van der Waals surface area contributed by atoms with Crippen molar-refractivity contribution in [1.29, 1.82) is 0 Å². The van der Waals surface area contributed by atoms with Crippen molar-refractivity contribution in [2.24, 2.45) is 0 Å². The zero-order valence-electron chi connectivity index (χ0n) is 25.3. The highest BCUT2D eigenvalue weighted by molar-refractivity contribution is 5.89. The molecule has 1 aliphatic carbocycles. The normalized spacial score (nSPS) is 19.7. The smallest absolute Gasteiger partial charge is 0.423 e. The van der Waals surface area contributed by atoms with Crippen molar-refractivity contribution in [3.63, 3.8) is 0 Å². The van der Waals surface area contributed by atoms with E-state index in [4.69, 9.17) is 18.9 Å². The molecule has 0 atom stereocenters. The maximum absolute atomic E-state index is 13.7. The number of rotatable bonds is 9.